The largest absolute Gasteiger partial charge is 0.355 e. The molecule has 2 unspecified atom stereocenters. The van der Waals surface area contributed by atoms with Gasteiger partial charge in [0.25, 0.3) is 0 Å². The van der Waals surface area contributed by atoms with Gasteiger partial charge < -0.3 is 9.97 Å². The van der Waals surface area contributed by atoms with Gasteiger partial charge in [0, 0.05) is 45.0 Å². The van der Waals surface area contributed by atoms with Gasteiger partial charge in [-0.25, -0.2) is 53.9 Å². The molecule has 2 atom stereocenters. The van der Waals surface area contributed by atoms with Gasteiger partial charge in [0.05, 0.1) is 33.9 Å². The van der Waals surface area contributed by atoms with Crippen LogP contribution in [0, 0.1) is 58.2 Å². The SMILES string of the molecule is Fc1c(F)c(F)c(-c2c3nc(c(-c4c(F)c(F)c(F)c(F)c4F)c4ccc(cc5nc(cc6ccc2[nH]6)C2=C5C5CCC2c2ccccc25)[nH]4)C=C3)c(F)c1F. The van der Waals surface area contributed by atoms with Gasteiger partial charge in [-0.1, -0.05) is 24.3 Å². The van der Waals surface area contributed by atoms with E-state index in [-0.39, 0.29) is 22.9 Å². The number of H-pyrrole nitrogens is 2. The first-order valence-electron chi connectivity index (χ1n) is 17.2. The molecule has 2 N–H and O–H groups in total. The van der Waals surface area contributed by atoms with Crippen molar-refractivity contribution in [2.75, 3.05) is 0 Å². The fourth-order valence-electron chi connectivity index (χ4n) is 8.54. The van der Waals surface area contributed by atoms with Crippen molar-refractivity contribution >= 4 is 45.4 Å². The zero-order valence-electron chi connectivity index (χ0n) is 28.2. The summed E-state index contributed by atoms with van der Waals surface area (Å²) < 4.78 is 150. The number of nitrogens with zero attached hydrogens (tertiary/aromatic N) is 2. The maximum Gasteiger partial charge on any atom is 0.200 e. The Morgan fingerprint density at radius 2 is 0.804 bits per heavy atom. The third-order valence-electron chi connectivity index (χ3n) is 10.9. The molecule has 11 rings (SSSR count). The summed E-state index contributed by atoms with van der Waals surface area (Å²) in [6.07, 6.45) is 3.74. The molecule has 3 aromatic heterocycles. The molecular weight excluding hydrogens is 750 g/mol. The van der Waals surface area contributed by atoms with E-state index in [0.29, 0.717) is 22.4 Å². The van der Waals surface area contributed by atoms with Gasteiger partial charge in [0.1, 0.15) is 0 Å². The third kappa shape index (κ3) is 4.67. The van der Waals surface area contributed by atoms with Crippen molar-refractivity contribution in [3.05, 3.63) is 153 Å². The Morgan fingerprint density at radius 3 is 1.20 bits per heavy atom. The van der Waals surface area contributed by atoms with E-state index in [2.05, 4.69) is 27.1 Å². The Labute approximate surface area is 308 Å². The molecule has 0 spiro atoms. The fourth-order valence-corrected chi connectivity index (χ4v) is 8.54. The first-order chi connectivity index (χ1) is 26.9. The lowest BCUT2D eigenvalue weighted by Crippen LogP contribution is -2.22. The highest BCUT2D eigenvalue weighted by atomic mass is 19.2. The molecule has 0 fully saturated rings. The molecule has 0 radical (unpaired) electrons. The van der Waals surface area contributed by atoms with Crippen molar-refractivity contribution in [3.63, 3.8) is 0 Å². The van der Waals surface area contributed by atoms with Gasteiger partial charge in [-0.3, -0.25) is 0 Å². The number of allylic oxidation sites excluding steroid dienone is 2. The number of aromatic nitrogens is 4. The molecule has 6 aromatic rings. The van der Waals surface area contributed by atoms with Crippen LogP contribution in [0.3, 0.4) is 0 Å². The third-order valence-corrected chi connectivity index (χ3v) is 10.9. The summed E-state index contributed by atoms with van der Waals surface area (Å²) in [7, 11) is 0. The topological polar surface area (TPSA) is 57.4 Å². The first kappa shape index (κ1) is 34.1. The van der Waals surface area contributed by atoms with E-state index in [9.17, 15) is 26.3 Å². The number of nitrogens with one attached hydrogen (secondary N) is 2. The van der Waals surface area contributed by atoms with Crippen LogP contribution in [-0.2, 0) is 0 Å². The Kier molecular flexibility index (Phi) is 7.32. The second kappa shape index (κ2) is 12.0. The van der Waals surface area contributed by atoms with Gasteiger partial charge >= 0.3 is 0 Å². The lowest BCUT2D eigenvalue weighted by molar-refractivity contribution is 0.381. The predicted octanol–water partition coefficient (Wildman–Crippen LogP) is 11.8. The Hall–Kier alpha value is -6.44. The molecular formula is C42H20F10N4. The minimum absolute atomic E-state index is 0.0564. The highest BCUT2D eigenvalue weighted by Gasteiger charge is 2.43. The summed E-state index contributed by atoms with van der Waals surface area (Å²) >= 11 is 0. The summed E-state index contributed by atoms with van der Waals surface area (Å²) in [6.45, 7) is 0. The molecule has 14 heteroatoms. The van der Waals surface area contributed by atoms with Crippen LogP contribution in [0.2, 0.25) is 0 Å². The van der Waals surface area contributed by atoms with Crippen LogP contribution in [-0.4, -0.2) is 19.9 Å². The van der Waals surface area contributed by atoms with Crippen LogP contribution < -0.4 is 0 Å². The predicted molar refractivity (Wildman–Crippen MR) is 188 cm³/mol. The standard InChI is InChI=1S/C42H20F10N4/c43-33-31(34(44)38(48)41(51)37(33)47)29-21-9-5-15(53-21)13-25-27-19-7-8-20(18-4-2-1-3-17(18)19)28(27)26(56-25)14-16-6-10-22(54-16)30(24-12-11-23(29)55-24)32-35(45)39(49)42(52)40(50)36(32)46/h1-6,9-14,19-20,53-54H,7-8H2. The highest BCUT2D eigenvalue weighted by Crippen LogP contribution is 2.60. The monoisotopic (exact) mass is 770 g/mol. The van der Waals surface area contributed by atoms with Crippen LogP contribution in [0.5, 0.6) is 0 Å². The van der Waals surface area contributed by atoms with Gasteiger partial charge in [0.15, 0.2) is 46.5 Å². The maximum absolute atomic E-state index is 15.6. The lowest BCUT2D eigenvalue weighted by Gasteiger charge is -2.39. The van der Waals surface area contributed by atoms with Crippen LogP contribution in [0.4, 0.5) is 43.9 Å². The summed E-state index contributed by atoms with van der Waals surface area (Å²) in [4.78, 5) is 15.2. The number of hydrogen-bond acceptors (Lipinski definition) is 2. The second-order valence-corrected chi connectivity index (χ2v) is 13.8. The van der Waals surface area contributed by atoms with E-state index < -0.39 is 91.8 Å². The average molecular weight is 771 g/mol. The van der Waals surface area contributed by atoms with Crippen molar-refractivity contribution in [1.82, 2.24) is 19.9 Å². The maximum atomic E-state index is 15.6. The lowest BCUT2D eigenvalue weighted by atomic mass is 9.63. The van der Waals surface area contributed by atoms with Crippen LogP contribution in [0.1, 0.15) is 58.6 Å². The Morgan fingerprint density at radius 1 is 0.429 bits per heavy atom. The minimum Gasteiger partial charge on any atom is -0.355 e. The molecule has 56 heavy (non-hydrogen) atoms. The first-order valence-corrected chi connectivity index (χ1v) is 17.2. The number of benzene rings is 3. The molecule has 3 aromatic carbocycles. The Bertz CT molecular complexity index is 2760. The van der Waals surface area contributed by atoms with Gasteiger partial charge in [-0.05, 0) is 83.7 Å². The smallest absolute Gasteiger partial charge is 0.200 e. The number of aromatic amines is 2. The van der Waals surface area contributed by atoms with E-state index in [1.807, 2.05) is 12.1 Å². The quantitative estimate of drug-likeness (QED) is 0.104. The molecule has 5 aliphatic rings. The fraction of sp³-hybridized carbons (Fsp3) is 0.0952. The summed E-state index contributed by atoms with van der Waals surface area (Å²) in [6, 6.07) is 17.1. The summed E-state index contributed by atoms with van der Waals surface area (Å²) in [5.41, 5.74) is 0.497. The van der Waals surface area contributed by atoms with Gasteiger partial charge in [0.2, 0.25) is 11.6 Å². The number of halogens is 10. The molecule has 0 amide bonds. The number of fused-ring (bicyclic) bond motifs is 9. The molecule has 278 valence electrons. The molecule has 4 nitrogen and oxygen atoms in total. The zero-order valence-corrected chi connectivity index (χ0v) is 28.2. The van der Waals surface area contributed by atoms with E-state index in [1.165, 1.54) is 24.3 Å². The van der Waals surface area contributed by atoms with Crippen molar-refractivity contribution < 1.29 is 43.9 Å². The van der Waals surface area contributed by atoms with E-state index in [4.69, 9.17) is 4.98 Å². The highest BCUT2D eigenvalue weighted by molar-refractivity contribution is 6.02. The van der Waals surface area contributed by atoms with Crippen molar-refractivity contribution in [2.45, 2.75) is 24.7 Å². The van der Waals surface area contributed by atoms with Crippen LogP contribution >= 0.6 is 0 Å². The van der Waals surface area contributed by atoms with Crippen LogP contribution in [0.25, 0.3) is 67.6 Å². The number of rotatable bonds is 2. The normalized spacial score (nSPS) is 16.8. The summed E-state index contributed by atoms with van der Waals surface area (Å²) in [5.74, 6) is -22.7. The molecule has 0 saturated carbocycles. The zero-order chi connectivity index (χ0) is 38.9. The molecule has 2 aliphatic heterocycles. The van der Waals surface area contributed by atoms with Gasteiger partial charge in [-0.2, -0.15) is 0 Å². The second-order valence-electron chi connectivity index (χ2n) is 13.8. The van der Waals surface area contributed by atoms with E-state index >= 15 is 17.6 Å². The van der Waals surface area contributed by atoms with Crippen molar-refractivity contribution in [2.24, 2.45) is 0 Å². The minimum atomic E-state index is -2.41. The van der Waals surface area contributed by atoms with Crippen LogP contribution in [0.15, 0.2) is 60.7 Å². The van der Waals surface area contributed by atoms with Crippen molar-refractivity contribution in [1.29, 1.82) is 0 Å². The van der Waals surface area contributed by atoms with Gasteiger partial charge in [-0.15, -0.1) is 0 Å². The van der Waals surface area contributed by atoms with Crippen molar-refractivity contribution in [3.8, 4) is 22.3 Å². The number of hydrogen-bond donors (Lipinski definition) is 2. The molecule has 0 saturated heterocycles. The molecule has 10 bridgehead atoms. The Balaban J connectivity index is 1.38. The molecule has 3 aliphatic carbocycles. The van der Waals surface area contributed by atoms with E-state index in [0.717, 1.165) is 47.3 Å². The summed E-state index contributed by atoms with van der Waals surface area (Å²) in [5, 5.41) is 0. The average Bonchev–Trinajstić information content (AvgIpc) is 4.04. The molecule has 5 heterocycles. The van der Waals surface area contributed by atoms with E-state index in [1.54, 1.807) is 12.1 Å².